The van der Waals surface area contributed by atoms with Crippen molar-refractivity contribution in [3.63, 3.8) is 0 Å². The Hall–Kier alpha value is -0.610. The van der Waals surface area contributed by atoms with Gasteiger partial charge in [0.2, 0.25) is 5.91 Å². The van der Waals surface area contributed by atoms with Crippen molar-refractivity contribution in [2.75, 3.05) is 19.8 Å². The zero-order chi connectivity index (χ0) is 11.5. The van der Waals surface area contributed by atoms with E-state index in [2.05, 4.69) is 12.2 Å². The van der Waals surface area contributed by atoms with Gasteiger partial charge < -0.3 is 15.8 Å². The molecule has 1 aliphatic heterocycles. The lowest BCUT2D eigenvalue weighted by atomic mass is 9.90. The molecule has 2 atom stereocenters. The van der Waals surface area contributed by atoms with Gasteiger partial charge in [-0.25, -0.2) is 0 Å². The number of nitrogens with one attached hydrogen (secondary N) is 1. The van der Waals surface area contributed by atoms with Crippen molar-refractivity contribution in [2.24, 2.45) is 17.1 Å². The highest BCUT2D eigenvalue weighted by atomic mass is 16.5. The number of amides is 1. The van der Waals surface area contributed by atoms with Gasteiger partial charge in [-0.3, -0.25) is 4.79 Å². The molecule has 0 aliphatic carbocycles. The molecule has 88 valence electrons. The molecule has 0 spiro atoms. The summed E-state index contributed by atoms with van der Waals surface area (Å²) in [6, 6.07) is -0.407. The van der Waals surface area contributed by atoms with Crippen LogP contribution in [0, 0.1) is 11.3 Å². The van der Waals surface area contributed by atoms with Crippen LogP contribution in [0.15, 0.2) is 0 Å². The monoisotopic (exact) mass is 214 g/mol. The third kappa shape index (κ3) is 3.47. The molecule has 0 radical (unpaired) electrons. The second-order valence-electron chi connectivity index (χ2n) is 5.10. The van der Waals surface area contributed by atoms with Crippen LogP contribution in [0.2, 0.25) is 0 Å². The van der Waals surface area contributed by atoms with Gasteiger partial charge in [0.05, 0.1) is 12.6 Å². The van der Waals surface area contributed by atoms with Crippen molar-refractivity contribution < 1.29 is 9.53 Å². The highest BCUT2D eigenvalue weighted by Crippen LogP contribution is 2.26. The van der Waals surface area contributed by atoms with Crippen molar-refractivity contribution in [3.05, 3.63) is 0 Å². The predicted octanol–water partition coefficient (Wildman–Crippen LogP) is 0.513. The summed E-state index contributed by atoms with van der Waals surface area (Å²) in [7, 11) is 0. The summed E-state index contributed by atoms with van der Waals surface area (Å²) in [4.78, 5) is 11.6. The van der Waals surface area contributed by atoms with Crippen LogP contribution in [-0.2, 0) is 9.53 Å². The van der Waals surface area contributed by atoms with Gasteiger partial charge in [0, 0.05) is 18.6 Å². The molecular weight excluding hydrogens is 192 g/mol. The molecule has 1 saturated heterocycles. The maximum absolute atomic E-state index is 11.6. The van der Waals surface area contributed by atoms with E-state index in [1.54, 1.807) is 0 Å². The summed E-state index contributed by atoms with van der Waals surface area (Å²) in [5.41, 5.74) is 5.83. The molecule has 0 saturated carbocycles. The molecule has 1 heterocycles. The number of nitrogens with two attached hydrogens (primary N) is 1. The Morgan fingerprint density at radius 1 is 1.60 bits per heavy atom. The number of hydrogen-bond donors (Lipinski definition) is 2. The molecule has 1 unspecified atom stereocenters. The van der Waals surface area contributed by atoms with Crippen LogP contribution >= 0.6 is 0 Å². The van der Waals surface area contributed by atoms with Crippen molar-refractivity contribution in [1.29, 1.82) is 0 Å². The zero-order valence-electron chi connectivity index (χ0n) is 9.88. The van der Waals surface area contributed by atoms with Gasteiger partial charge in [0.1, 0.15) is 0 Å². The Balaban J connectivity index is 2.33. The van der Waals surface area contributed by atoms with E-state index in [-0.39, 0.29) is 17.2 Å². The number of carbonyl (C=O) groups excluding carboxylic acids is 1. The highest BCUT2D eigenvalue weighted by molar-refractivity contribution is 5.81. The summed E-state index contributed by atoms with van der Waals surface area (Å²) < 4.78 is 5.32. The normalized spacial score (nSPS) is 28.1. The van der Waals surface area contributed by atoms with Gasteiger partial charge >= 0.3 is 0 Å². The van der Waals surface area contributed by atoms with Gasteiger partial charge in [-0.2, -0.15) is 0 Å². The van der Waals surface area contributed by atoms with Crippen LogP contribution in [0.4, 0.5) is 0 Å². The zero-order valence-corrected chi connectivity index (χ0v) is 9.88. The fourth-order valence-electron chi connectivity index (χ4n) is 1.57. The molecule has 3 N–H and O–H groups in total. The quantitative estimate of drug-likeness (QED) is 0.717. The second kappa shape index (κ2) is 4.94. The van der Waals surface area contributed by atoms with Crippen LogP contribution in [-0.4, -0.2) is 31.7 Å². The first-order chi connectivity index (χ1) is 6.94. The second-order valence-corrected chi connectivity index (χ2v) is 5.10. The van der Waals surface area contributed by atoms with Gasteiger partial charge in [0.15, 0.2) is 0 Å². The van der Waals surface area contributed by atoms with Crippen LogP contribution in [0.25, 0.3) is 0 Å². The summed E-state index contributed by atoms with van der Waals surface area (Å²) in [5, 5.41) is 2.90. The van der Waals surface area contributed by atoms with E-state index in [9.17, 15) is 4.79 Å². The first-order valence-corrected chi connectivity index (χ1v) is 5.56. The third-order valence-corrected chi connectivity index (χ3v) is 3.01. The Bertz CT molecular complexity index is 223. The maximum Gasteiger partial charge on any atom is 0.237 e. The van der Waals surface area contributed by atoms with E-state index in [4.69, 9.17) is 10.5 Å². The largest absolute Gasteiger partial charge is 0.381 e. The van der Waals surface area contributed by atoms with Crippen molar-refractivity contribution in [2.45, 2.75) is 33.2 Å². The predicted molar refractivity (Wildman–Crippen MR) is 59.4 cm³/mol. The standard InChI is InChI=1S/C11H22N2O2/c1-8(2)9(12)10(14)13-6-11(3)4-5-15-7-11/h8-9H,4-7,12H2,1-3H3,(H,13,14)/t9-,11?/m0/s1. The minimum absolute atomic E-state index is 0.0573. The molecule has 4 nitrogen and oxygen atoms in total. The average molecular weight is 214 g/mol. The van der Waals surface area contributed by atoms with Crippen LogP contribution in [0.5, 0.6) is 0 Å². The molecule has 1 rings (SSSR count). The lowest BCUT2D eigenvalue weighted by Crippen LogP contribution is -2.47. The Labute approximate surface area is 91.5 Å². The van der Waals surface area contributed by atoms with E-state index in [1.807, 2.05) is 13.8 Å². The average Bonchev–Trinajstić information content (AvgIpc) is 2.61. The molecule has 4 heteroatoms. The molecule has 0 aromatic carbocycles. The number of hydrogen-bond acceptors (Lipinski definition) is 3. The fourth-order valence-corrected chi connectivity index (χ4v) is 1.57. The van der Waals surface area contributed by atoms with E-state index >= 15 is 0 Å². The molecule has 0 aromatic rings. The van der Waals surface area contributed by atoms with Crippen LogP contribution in [0.3, 0.4) is 0 Å². The Kier molecular flexibility index (Phi) is 4.11. The molecule has 1 fully saturated rings. The Morgan fingerprint density at radius 3 is 2.73 bits per heavy atom. The number of rotatable bonds is 4. The van der Waals surface area contributed by atoms with Gasteiger partial charge in [-0.05, 0) is 12.3 Å². The van der Waals surface area contributed by atoms with Gasteiger partial charge in [-0.15, -0.1) is 0 Å². The lowest BCUT2D eigenvalue weighted by Gasteiger charge is -2.24. The van der Waals surface area contributed by atoms with Gasteiger partial charge in [-0.1, -0.05) is 20.8 Å². The first kappa shape index (κ1) is 12.5. The molecule has 1 amide bonds. The van der Waals surface area contributed by atoms with Crippen molar-refractivity contribution >= 4 is 5.91 Å². The molecule has 0 bridgehead atoms. The summed E-state index contributed by atoms with van der Waals surface area (Å²) in [6.07, 6.45) is 1.00. The van der Waals surface area contributed by atoms with Crippen LogP contribution in [0.1, 0.15) is 27.2 Å². The molecule has 0 aromatic heterocycles. The van der Waals surface area contributed by atoms with E-state index in [0.29, 0.717) is 6.54 Å². The number of carbonyl (C=O) groups is 1. The summed E-state index contributed by atoms with van der Waals surface area (Å²) >= 11 is 0. The molecule has 15 heavy (non-hydrogen) atoms. The number of ether oxygens (including phenoxy) is 1. The topological polar surface area (TPSA) is 64.4 Å². The minimum Gasteiger partial charge on any atom is -0.381 e. The van der Waals surface area contributed by atoms with E-state index in [0.717, 1.165) is 19.6 Å². The smallest absolute Gasteiger partial charge is 0.237 e. The maximum atomic E-state index is 11.6. The van der Waals surface area contributed by atoms with Crippen LogP contribution < -0.4 is 11.1 Å². The van der Waals surface area contributed by atoms with Crippen molar-refractivity contribution in [1.82, 2.24) is 5.32 Å². The fraction of sp³-hybridized carbons (Fsp3) is 0.909. The Morgan fingerprint density at radius 2 is 2.27 bits per heavy atom. The minimum atomic E-state index is -0.407. The highest BCUT2D eigenvalue weighted by Gasteiger charge is 2.30. The summed E-state index contributed by atoms with van der Waals surface area (Å²) in [6.45, 7) is 8.20. The SMILES string of the molecule is CC(C)[C@H](N)C(=O)NCC1(C)CCOC1. The summed E-state index contributed by atoms with van der Waals surface area (Å²) in [5.74, 6) is 0.121. The van der Waals surface area contributed by atoms with E-state index in [1.165, 1.54) is 0 Å². The third-order valence-electron chi connectivity index (χ3n) is 3.01. The lowest BCUT2D eigenvalue weighted by molar-refractivity contribution is -0.123. The molecular formula is C11H22N2O2. The van der Waals surface area contributed by atoms with Gasteiger partial charge in [0.25, 0.3) is 0 Å². The first-order valence-electron chi connectivity index (χ1n) is 5.56. The van der Waals surface area contributed by atoms with E-state index < -0.39 is 6.04 Å². The van der Waals surface area contributed by atoms with Crippen molar-refractivity contribution in [3.8, 4) is 0 Å². The molecule has 1 aliphatic rings.